The number of aromatic amines is 1. The Labute approximate surface area is 208 Å². The second kappa shape index (κ2) is 8.94. The predicted molar refractivity (Wildman–Crippen MR) is 141 cm³/mol. The van der Waals surface area contributed by atoms with Crippen molar-refractivity contribution in [1.82, 2.24) is 30.0 Å². The van der Waals surface area contributed by atoms with E-state index in [0.29, 0.717) is 18.9 Å². The zero-order valence-electron chi connectivity index (χ0n) is 19.8. The Bertz CT molecular complexity index is 1580. The number of carbonyl (C=O) groups is 1. The van der Waals surface area contributed by atoms with Gasteiger partial charge < -0.3 is 16.0 Å². The Morgan fingerprint density at radius 2 is 1.94 bits per heavy atom. The van der Waals surface area contributed by atoms with Crippen molar-refractivity contribution in [3.63, 3.8) is 0 Å². The number of para-hydroxylation sites is 1. The zero-order valence-corrected chi connectivity index (χ0v) is 19.8. The first-order valence-electron chi connectivity index (χ1n) is 11.9. The number of rotatable bonds is 4. The van der Waals surface area contributed by atoms with Crippen LogP contribution in [0.2, 0.25) is 0 Å². The molecule has 3 heterocycles. The first kappa shape index (κ1) is 22.0. The molecule has 0 radical (unpaired) electrons. The molecule has 2 aromatic heterocycles. The molecular weight excluding hydrogens is 452 g/mol. The maximum atomic E-state index is 11.8. The van der Waals surface area contributed by atoms with E-state index in [1.54, 1.807) is 11.1 Å². The lowest BCUT2D eigenvalue weighted by atomic mass is 10.00. The Kier molecular flexibility index (Phi) is 5.46. The van der Waals surface area contributed by atoms with Crippen LogP contribution in [0, 0.1) is 0 Å². The summed E-state index contributed by atoms with van der Waals surface area (Å²) in [5.41, 5.74) is 10.3. The van der Waals surface area contributed by atoms with Crippen LogP contribution >= 0.6 is 0 Å². The quantitative estimate of drug-likeness (QED) is 0.355. The molecule has 180 valence electrons. The second-order valence-electron chi connectivity index (χ2n) is 9.12. The van der Waals surface area contributed by atoms with Crippen LogP contribution in [0.3, 0.4) is 0 Å². The van der Waals surface area contributed by atoms with E-state index < -0.39 is 0 Å². The summed E-state index contributed by atoms with van der Waals surface area (Å²) in [5.74, 6) is 1.37. The van der Waals surface area contributed by atoms with E-state index in [0.717, 1.165) is 51.0 Å². The monoisotopic (exact) mass is 478 g/mol. The number of urea groups is 1. The first-order chi connectivity index (χ1) is 17.5. The van der Waals surface area contributed by atoms with Crippen molar-refractivity contribution in [2.75, 3.05) is 32.0 Å². The van der Waals surface area contributed by atoms with Gasteiger partial charge in [-0.1, -0.05) is 30.3 Å². The normalized spacial score (nSPS) is 16.5. The zero-order chi connectivity index (χ0) is 24.6. The topological polar surface area (TPSA) is 116 Å². The molecule has 0 spiro atoms. The third-order valence-electron chi connectivity index (χ3n) is 6.80. The molecule has 9 nitrogen and oxygen atoms in total. The minimum absolute atomic E-state index is 0.0472. The molecule has 9 heteroatoms. The van der Waals surface area contributed by atoms with Gasteiger partial charge >= 0.3 is 6.03 Å². The number of hydrogen-bond acceptors (Lipinski definition) is 6. The van der Waals surface area contributed by atoms with Crippen LogP contribution in [0.1, 0.15) is 11.6 Å². The van der Waals surface area contributed by atoms with Gasteiger partial charge in [-0.15, -0.1) is 0 Å². The smallest absolute Gasteiger partial charge is 0.314 e. The molecule has 6 rings (SSSR count). The van der Waals surface area contributed by atoms with Gasteiger partial charge in [-0.2, -0.15) is 5.10 Å². The molecule has 1 atom stereocenters. The Hall–Kier alpha value is -4.50. The lowest BCUT2D eigenvalue weighted by Crippen LogP contribution is -2.50. The van der Waals surface area contributed by atoms with Crippen LogP contribution in [0.15, 0.2) is 72.9 Å². The lowest BCUT2D eigenvalue weighted by Gasteiger charge is -2.39. The largest absolute Gasteiger partial charge is 0.351 e. The van der Waals surface area contributed by atoms with Crippen molar-refractivity contribution in [2.24, 2.45) is 5.73 Å². The summed E-state index contributed by atoms with van der Waals surface area (Å²) in [4.78, 5) is 25.6. The summed E-state index contributed by atoms with van der Waals surface area (Å²) in [6.45, 7) is 1.95. The number of likely N-dealkylation sites (N-methyl/N-ethyl adjacent to an activating group) is 1. The number of carbonyl (C=O) groups excluding carboxylic acids is 1. The summed E-state index contributed by atoms with van der Waals surface area (Å²) in [5, 5.41) is 12.5. The molecule has 1 saturated heterocycles. The predicted octanol–water partition coefficient (Wildman–Crippen LogP) is 4.28. The van der Waals surface area contributed by atoms with Crippen LogP contribution in [-0.2, 0) is 0 Å². The summed E-state index contributed by atoms with van der Waals surface area (Å²) >= 11 is 0. The molecule has 1 aliphatic rings. The highest BCUT2D eigenvalue weighted by atomic mass is 16.2. The highest BCUT2D eigenvalue weighted by molar-refractivity contribution is 5.93. The summed E-state index contributed by atoms with van der Waals surface area (Å²) in [6, 6.07) is 21.9. The van der Waals surface area contributed by atoms with Crippen LogP contribution in [-0.4, -0.2) is 62.7 Å². The average molecular weight is 479 g/mol. The number of H-pyrrole nitrogens is 1. The highest BCUT2D eigenvalue weighted by Crippen LogP contribution is 2.31. The number of nitrogens with one attached hydrogen (secondary N) is 2. The summed E-state index contributed by atoms with van der Waals surface area (Å²) in [6.07, 6.45) is 1.80. The van der Waals surface area contributed by atoms with E-state index in [2.05, 4.69) is 39.6 Å². The minimum Gasteiger partial charge on any atom is -0.351 e. The molecular formula is C27H26N8O. The number of nitrogens with two attached hydrogens (primary N) is 1. The van der Waals surface area contributed by atoms with E-state index in [4.69, 9.17) is 15.7 Å². The van der Waals surface area contributed by atoms with E-state index in [1.807, 2.05) is 54.6 Å². The van der Waals surface area contributed by atoms with Crippen molar-refractivity contribution in [3.05, 3.63) is 78.5 Å². The molecule has 0 saturated carbocycles. The standard InChI is InChI=1S/C27H26N8O/c1-34-11-12-35(27(28)36)16-24(34)17-5-4-6-18(13-17)25-31-23-8-3-2-7-21(23)26(32-25)30-20-9-10-22-19(14-20)15-29-33-22/h2-10,13-15,24H,11-12,16H2,1H3,(H2,28,36)(H,29,33)(H,30,31,32). The minimum atomic E-state index is -0.383. The molecule has 1 unspecified atom stereocenters. The van der Waals surface area contributed by atoms with Gasteiger partial charge in [0.1, 0.15) is 5.82 Å². The summed E-state index contributed by atoms with van der Waals surface area (Å²) in [7, 11) is 2.07. The Morgan fingerprint density at radius 1 is 1.06 bits per heavy atom. The number of anilines is 2. The van der Waals surface area contributed by atoms with Crippen molar-refractivity contribution < 1.29 is 4.79 Å². The van der Waals surface area contributed by atoms with Crippen LogP contribution < -0.4 is 11.1 Å². The molecule has 4 N–H and O–H groups in total. The van der Waals surface area contributed by atoms with Crippen molar-refractivity contribution in [1.29, 1.82) is 0 Å². The molecule has 5 aromatic rings. The fourth-order valence-corrected chi connectivity index (χ4v) is 4.78. The molecule has 2 amide bonds. The van der Waals surface area contributed by atoms with Crippen LogP contribution in [0.5, 0.6) is 0 Å². The van der Waals surface area contributed by atoms with Gasteiger partial charge in [0.25, 0.3) is 0 Å². The number of primary amides is 1. The Morgan fingerprint density at radius 3 is 2.83 bits per heavy atom. The second-order valence-corrected chi connectivity index (χ2v) is 9.12. The summed E-state index contributed by atoms with van der Waals surface area (Å²) < 4.78 is 0. The molecule has 1 aliphatic heterocycles. The van der Waals surface area contributed by atoms with Crippen LogP contribution in [0.4, 0.5) is 16.3 Å². The first-order valence-corrected chi connectivity index (χ1v) is 11.9. The maximum absolute atomic E-state index is 11.8. The fraction of sp³-hybridized carbons (Fsp3) is 0.185. The van der Waals surface area contributed by atoms with Gasteiger partial charge in [-0.3, -0.25) is 10.00 Å². The molecule has 0 aliphatic carbocycles. The highest BCUT2D eigenvalue weighted by Gasteiger charge is 2.27. The van der Waals surface area contributed by atoms with Crippen molar-refractivity contribution in [2.45, 2.75) is 6.04 Å². The van der Waals surface area contributed by atoms with E-state index >= 15 is 0 Å². The lowest BCUT2D eigenvalue weighted by molar-refractivity contribution is 0.114. The molecule has 36 heavy (non-hydrogen) atoms. The van der Waals surface area contributed by atoms with Gasteiger partial charge in [0.2, 0.25) is 0 Å². The molecule has 1 fully saturated rings. The van der Waals surface area contributed by atoms with E-state index in [9.17, 15) is 4.79 Å². The maximum Gasteiger partial charge on any atom is 0.314 e. The third kappa shape index (κ3) is 4.09. The van der Waals surface area contributed by atoms with E-state index in [-0.39, 0.29) is 12.1 Å². The number of hydrogen-bond donors (Lipinski definition) is 3. The van der Waals surface area contributed by atoms with Gasteiger partial charge in [0.15, 0.2) is 5.82 Å². The van der Waals surface area contributed by atoms with Gasteiger partial charge in [0.05, 0.1) is 23.3 Å². The average Bonchev–Trinajstić information content (AvgIpc) is 3.37. The molecule has 0 bridgehead atoms. The fourth-order valence-electron chi connectivity index (χ4n) is 4.78. The van der Waals surface area contributed by atoms with Gasteiger partial charge in [-0.05, 0) is 49.0 Å². The number of aromatic nitrogens is 4. The SMILES string of the molecule is CN1CCN(C(N)=O)CC1c1cccc(-c2nc(Nc3ccc4[nH]ncc4c3)c3ccccc3n2)c1. The Balaban J connectivity index is 1.39. The number of amides is 2. The number of fused-ring (bicyclic) bond motifs is 2. The van der Waals surface area contributed by atoms with Crippen molar-refractivity contribution >= 4 is 39.3 Å². The molecule has 3 aromatic carbocycles. The van der Waals surface area contributed by atoms with Crippen molar-refractivity contribution in [3.8, 4) is 11.4 Å². The van der Waals surface area contributed by atoms with Gasteiger partial charge in [0, 0.05) is 41.7 Å². The number of nitrogens with zero attached hydrogens (tertiary/aromatic N) is 5. The third-order valence-corrected chi connectivity index (χ3v) is 6.80. The van der Waals surface area contributed by atoms with Gasteiger partial charge in [-0.25, -0.2) is 14.8 Å². The number of benzene rings is 3. The van der Waals surface area contributed by atoms with Crippen LogP contribution in [0.25, 0.3) is 33.2 Å². The number of piperazine rings is 1. The van der Waals surface area contributed by atoms with E-state index in [1.165, 1.54) is 0 Å².